The molecule has 14 heteroatoms. The summed E-state index contributed by atoms with van der Waals surface area (Å²) in [5.41, 5.74) is 1.97. The summed E-state index contributed by atoms with van der Waals surface area (Å²) in [5, 5.41) is 18.0. The van der Waals surface area contributed by atoms with Gasteiger partial charge in [-0.25, -0.2) is 19.6 Å². The Morgan fingerprint density at radius 2 is 1.11 bits per heavy atom. The Morgan fingerprint density at radius 1 is 0.682 bits per heavy atom. The molecule has 2 aromatic carbocycles. The van der Waals surface area contributed by atoms with E-state index in [1.54, 1.807) is 52.0 Å². The average molecular weight is 701 g/mol. The molecule has 8 nitrogen and oxygen atoms in total. The van der Waals surface area contributed by atoms with Gasteiger partial charge in [-0.15, -0.1) is 0 Å². The number of esters is 2. The average Bonchev–Trinajstić information content (AvgIpc) is 2.97. The summed E-state index contributed by atoms with van der Waals surface area (Å²) >= 11 is 29.3. The van der Waals surface area contributed by atoms with Crippen molar-refractivity contribution in [1.82, 2.24) is 9.97 Å². The highest BCUT2D eigenvalue weighted by atomic mass is 35.5. The van der Waals surface area contributed by atoms with Crippen molar-refractivity contribution in [3.63, 3.8) is 0 Å². The zero-order valence-electron chi connectivity index (χ0n) is 24.0. The molecule has 0 aliphatic heterocycles. The summed E-state index contributed by atoms with van der Waals surface area (Å²) < 4.78 is 10.0. The normalized spacial score (nSPS) is 10.3. The molecule has 4 rings (SSSR count). The topological polar surface area (TPSA) is 119 Å². The van der Waals surface area contributed by atoms with E-state index in [9.17, 15) is 9.59 Å². The predicted molar refractivity (Wildman–Crippen MR) is 176 cm³/mol. The lowest BCUT2D eigenvalue weighted by atomic mass is 9.81. The number of halogens is 5. The summed E-state index contributed by atoms with van der Waals surface area (Å²) in [4.78, 5) is 31.4. The highest BCUT2D eigenvalue weighted by Gasteiger charge is 2.18. The van der Waals surface area contributed by atoms with E-state index in [1.807, 2.05) is 36.4 Å². The Kier molecular flexibility index (Phi) is 15.4. The van der Waals surface area contributed by atoms with Crippen molar-refractivity contribution in [3.05, 3.63) is 109 Å². The van der Waals surface area contributed by atoms with Crippen molar-refractivity contribution in [2.45, 2.75) is 39.9 Å². The smallest absolute Gasteiger partial charge is 0.458 e. The molecule has 0 aliphatic rings. The molecule has 2 aromatic heterocycles. The summed E-state index contributed by atoms with van der Waals surface area (Å²) in [6.07, 6.45) is -0.452. The molecule has 0 fully saturated rings. The van der Waals surface area contributed by atoms with Gasteiger partial charge in [0.25, 0.3) is 0 Å². The second kappa shape index (κ2) is 18.2. The third kappa shape index (κ3) is 11.9. The molecule has 2 N–H and O–H groups in total. The lowest BCUT2D eigenvalue weighted by Crippen LogP contribution is -2.29. The van der Waals surface area contributed by atoms with Crippen LogP contribution >= 0.6 is 58.0 Å². The zero-order valence-corrected chi connectivity index (χ0v) is 27.8. The number of rotatable bonds is 6. The maximum Gasteiger partial charge on any atom is 0.488 e. The van der Waals surface area contributed by atoms with Gasteiger partial charge >= 0.3 is 19.1 Å². The third-order valence-corrected chi connectivity index (χ3v) is 6.96. The van der Waals surface area contributed by atoms with Crippen molar-refractivity contribution >= 4 is 82.5 Å². The van der Waals surface area contributed by atoms with Gasteiger partial charge in [-0.3, -0.25) is 0 Å². The van der Waals surface area contributed by atoms with Crippen LogP contribution in [0.25, 0.3) is 11.3 Å². The van der Waals surface area contributed by atoms with E-state index < -0.39 is 19.1 Å². The van der Waals surface area contributed by atoms with Crippen molar-refractivity contribution in [1.29, 1.82) is 0 Å². The number of ether oxygens (including phenoxy) is 2. The van der Waals surface area contributed by atoms with Crippen LogP contribution in [0.3, 0.4) is 0 Å². The van der Waals surface area contributed by atoms with E-state index in [0.717, 1.165) is 5.56 Å². The molecule has 0 bridgehead atoms. The van der Waals surface area contributed by atoms with E-state index in [-0.39, 0.29) is 43.8 Å². The molecule has 0 amide bonds. The molecule has 0 unspecified atom stereocenters. The largest absolute Gasteiger partial charge is 0.488 e. The molecule has 4 aromatic rings. The maximum absolute atomic E-state index is 11.9. The summed E-state index contributed by atoms with van der Waals surface area (Å²) in [5.74, 6) is -1.10. The molecule has 0 saturated heterocycles. The minimum absolute atomic E-state index is 0.0140. The van der Waals surface area contributed by atoms with Gasteiger partial charge in [-0.05, 0) is 45.3 Å². The van der Waals surface area contributed by atoms with E-state index in [2.05, 4.69) is 9.97 Å². The molecule has 0 aliphatic carbocycles. The lowest BCUT2D eigenvalue weighted by Gasteiger charge is -2.10. The maximum atomic E-state index is 11.9. The van der Waals surface area contributed by atoms with E-state index in [1.165, 1.54) is 12.1 Å². The standard InChI is InChI=1S/C15H13Cl2NO2.C9H8Cl3NO2.C6H7BO2/c1-9(2)20-15(19)12-8-11(16)13(17)14(18-12)10-6-4-3-5-7-10;1-4(2)15-9(14)6-3-5(10)7(11)8(12)13-6;8-7(9)6-4-2-1-3-5-6/h3-9H,1-2H3;3-4H,1-2H3;1-5,8-9H. The van der Waals surface area contributed by atoms with Crippen molar-refractivity contribution in [2.75, 3.05) is 0 Å². The van der Waals surface area contributed by atoms with Crippen LogP contribution in [0.2, 0.25) is 25.2 Å². The zero-order chi connectivity index (χ0) is 33.0. The van der Waals surface area contributed by atoms with Gasteiger partial charge in [-0.1, -0.05) is 119 Å². The second-order valence-electron chi connectivity index (χ2n) is 9.30. The first-order chi connectivity index (χ1) is 20.7. The quantitative estimate of drug-likeness (QED) is 0.120. The first-order valence-electron chi connectivity index (χ1n) is 13.0. The van der Waals surface area contributed by atoms with Crippen LogP contribution in [-0.4, -0.2) is 51.3 Å². The number of hydrogen-bond donors (Lipinski definition) is 2. The molecular formula is C30H28BCl5N2O6. The molecule has 0 saturated carbocycles. The Labute approximate surface area is 281 Å². The molecule has 0 atom stereocenters. The van der Waals surface area contributed by atoms with Crippen LogP contribution in [0.4, 0.5) is 0 Å². The van der Waals surface area contributed by atoms with Crippen molar-refractivity contribution in [3.8, 4) is 11.3 Å². The van der Waals surface area contributed by atoms with Crippen molar-refractivity contribution in [2.24, 2.45) is 0 Å². The highest BCUT2D eigenvalue weighted by Crippen LogP contribution is 2.33. The van der Waals surface area contributed by atoms with Crippen LogP contribution in [0.5, 0.6) is 0 Å². The van der Waals surface area contributed by atoms with Gasteiger partial charge in [0.15, 0.2) is 11.4 Å². The summed E-state index contributed by atoms with van der Waals surface area (Å²) in [6.45, 7) is 7.01. The number of carbonyl (C=O) groups excluding carboxylic acids is 2. The van der Waals surface area contributed by atoms with Crippen LogP contribution < -0.4 is 5.46 Å². The second-order valence-corrected chi connectivity index (χ2v) is 11.2. The lowest BCUT2D eigenvalue weighted by molar-refractivity contribution is 0.0360. The van der Waals surface area contributed by atoms with Gasteiger partial charge in [-0.2, -0.15) is 0 Å². The van der Waals surface area contributed by atoms with E-state index in [4.69, 9.17) is 77.5 Å². The SMILES string of the molecule is CC(C)OC(=O)c1cc(Cl)c(Cl)c(-c2ccccc2)n1.CC(C)OC(=O)c1cc(Cl)c(Cl)c(Cl)n1.OB(O)c1ccccc1. The number of aromatic nitrogens is 2. The number of carbonyl (C=O) groups is 2. The molecule has 2 heterocycles. The van der Waals surface area contributed by atoms with E-state index >= 15 is 0 Å². The fourth-order valence-electron chi connectivity index (χ4n) is 3.14. The van der Waals surface area contributed by atoms with Gasteiger partial charge in [0.1, 0.15) is 5.15 Å². The molecule has 0 radical (unpaired) electrons. The molecule has 232 valence electrons. The van der Waals surface area contributed by atoms with Gasteiger partial charge in [0.05, 0.1) is 38.0 Å². The minimum Gasteiger partial charge on any atom is -0.458 e. The van der Waals surface area contributed by atoms with Crippen LogP contribution in [-0.2, 0) is 9.47 Å². The number of benzene rings is 2. The molecular weight excluding hydrogens is 672 g/mol. The Bertz CT molecular complexity index is 1520. The monoisotopic (exact) mass is 698 g/mol. The predicted octanol–water partition coefficient (Wildman–Crippen LogP) is 7.59. The fourth-order valence-corrected chi connectivity index (χ4v) is 4.07. The highest BCUT2D eigenvalue weighted by molar-refractivity contribution is 6.58. The minimum atomic E-state index is -1.34. The van der Waals surface area contributed by atoms with E-state index in [0.29, 0.717) is 16.2 Å². The van der Waals surface area contributed by atoms with Gasteiger partial charge in [0, 0.05) is 5.56 Å². The third-order valence-electron chi connectivity index (χ3n) is 5.03. The summed E-state index contributed by atoms with van der Waals surface area (Å²) in [7, 11) is -1.34. The number of hydrogen-bond acceptors (Lipinski definition) is 8. The Morgan fingerprint density at radius 3 is 1.52 bits per heavy atom. The first kappa shape index (κ1) is 37.3. The van der Waals surface area contributed by atoms with Crippen LogP contribution in [0.15, 0.2) is 72.8 Å². The Balaban J connectivity index is 0.000000247. The van der Waals surface area contributed by atoms with Gasteiger partial charge in [0.2, 0.25) is 0 Å². The number of nitrogens with zero attached hydrogens (tertiary/aromatic N) is 2. The summed E-state index contributed by atoms with van der Waals surface area (Å²) in [6, 6.07) is 20.7. The van der Waals surface area contributed by atoms with Crippen molar-refractivity contribution < 1.29 is 29.1 Å². The van der Waals surface area contributed by atoms with Crippen LogP contribution in [0, 0.1) is 0 Å². The number of pyridine rings is 2. The Hall–Kier alpha value is -2.89. The molecule has 0 spiro atoms. The molecule has 44 heavy (non-hydrogen) atoms. The fraction of sp³-hybridized carbons (Fsp3) is 0.200. The van der Waals surface area contributed by atoms with Gasteiger partial charge < -0.3 is 19.5 Å². The first-order valence-corrected chi connectivity index (χ1v) is 14.9. The van der Waals surface area contributed by atoms with Crippen LogP contribution in [0.1, 0.15) is 48.7 Å².